The van der Waals surface area contributed by atoms with Crippen LogP contribution in [-0.4, -0.2) is 44.5 Å². The first-order valence-electron chi connectivity index (χ1n) is 6.90. The summed E-state index contributed by atoms with van der Waals surface area (Å²) in [6.07, 6.45) is 3.41. The summed E-state index contributed by atoms with van der Waals surface area (Å²) in [6.45, 7) is 3.37. The van der Waals surface area contributed by atoms with Crippen LogP contribution in [0.2, 0.25) is 0 Å². The van der Waals surface area contributed by atoms with Gasteiger partial charge in [0.05, 0.1) is 18.9 Å². The van der Waals surface area contributed by atoms with E-state index in [9.17, 15) is 4.39 Å². The summed E-state index contributed by atoms with van der Waals surface area (Å²) in [6, 6.07) is -0.208. The van der Waals surface area contributed by atoms with Gasteiger partial charge in [-0.05, 0) is 6.42 Å². The number of nitrogens with zero attached hydrogens (tertiary/aromatic N) is 6. The van der Waals surface area contributed by atoms with Crippen LogP contribution < -0.4 is 4.90 Å². The van der Waals surface area contributed by atoms with Crippen LogP contribution in [0.4, 0.5) is 10.2 Å². The zero-order valence-electron chi connectivity index (χ0n) is 12.0. The van der Waals surface area contributed by atoms with Gasteiger partial charge in [-0.3, -0.25) is 4.68 Å². The Morgan fingerprint density at radius 3 is 2.90 bits per heavy atom. The highest BCUT2D eigenvalue weighted by Gasteiger charge is 2.31. The van der Waals surface area contributed by atoms with E-state index < -0.39 is 0 Å². The van der Waals surface area contributed by atoms with E-state index in [0.29, 0.717) is 37.7 Å². The Morgan fingerprint density at radius 2 is 2.19 bits per heavy atom. The van der Waals surface area contributed by atoms with Crippen LogP contribution >= 0.6 is 0 Å². The first-order valence-corrected chi connectivity index (χ1v) is 6.90. The van der Waals surface area contributed by atoms with Crippen molar-refractivity contribution in [3.05, 3.63) is 30.0 Å². The topological polar surface area (TPSA) is 69.0 Å². The quantitative estimate of drug-likeness (QED) is 0.836. The number of hydrogen-bond acceptors (Lipinski definition) is 6. The molecule has 3 heterocycles. The summed E-state index contributed by atoms with van der Waals surface area (Å²) in [7, 11) is 1.81. The molecule has 2 aromatic heterocycles. The molecule has 0 N–H and O–H groups in total. The molecule has 1 atom stereocenters. The van der Waals surface area contributed by atoms with Crippen LogP contribution in [-0.2, 0) is 18.2 Å². The second-order valence-electron chi connectivity index (χ2n) is 4.84. The number of anilines is 1. The van der Waals surface area contributed by atoms with Gasteiger partial charge in [0.1, 0.15) is 18.7 Å². The largest absolute Gasteiger partial charge is 0.377 e. The average Bonchev–Trinajstić information content (AvgIpc) is 2.93. The minimum Gasteiger partial charge on any atom is -0.377 e. The summed E-state index contributed by atoms with van der Waals surface area (Å²) in [5.41, 5.74) is 0.420. The zero-order chi connectivity index (χ0) is 14.8. The lowest BCUT2D eigenvalue weighted by atomic mass is 10.2. The van der Waals surface area contributed by atoms with Crippen LogP contribution in [0.1, 0.15) is 24.5 Å². The fourth-order valence-corrected chi connectivity index (χ4v) is 2.52. The third-order valence-corrected chi connectivity index (χ3v) is 3.62. The number of rotatable bonds is 3. The van der Waals surface area contributed by atoms with Crippen LogP contribution in [0, 0.1) is 5.82 Å². The lowest BCUT2D eigenvalue weighted by Gasteiger charge is -2.35. The van der Waals surface area contributed by atoms with Crippen molar-refractivity contribution in [1.82, 2.24) is 24.7 Å². The van der Waals surface area contributed by atoms with Gasteiger partial charge in [-0.2, -0.15) is 5.10 Å². The predicted octanol–water partition coefficient (Wildman–Crippen LogP) is 0.884. The van der Waals surface area contributed by atoms with Crippen LogP contribution in [0.5, 0.6) is 0 Å². The van der Waals surface area contributed by atoms with Gasteiger partial charge in [0, 0.05) is 13.6 Å². The van der Waals surface area contributed by atoms with Gasteiger partial charge in [-0.25, -0.2) is 19.3 Å². The molecule has 1 saturated heterocycles. The van der Waals surface area contributed by atoms with E-state index >= 15 is 0 Å². The number of hydrogen-bond donors (Lipinski definition) is 0. The number of halogens is 1. The van der Waals surface area contributed by atoms with Crippen LogP contribution in [0.15, 0.2) is 12.7 Å². The van der Waals surface area contributed by atoms with Crippen molar-refractivity contribution >= 4 is 5.82 Å². The normalized spacial score (nSPS) is 19.0. The van der Waals surface area contributed by atoms with Crippen molar-refractivity contribution in [2.45, 2.75) is 19.4 Å². The third-order valence-electron chi connectivity index (χ3n) is 3.62. The summed E-state index contributed by atoms with van der Waals surface area (Å²) >= 11 is 0. The summed E-state index contributed by atoms with van der Waals surface area (Å²) in [5, 5.41) is 4.07. The molecule has 1 fully saturated rings. The fraction of sp³-hybridized carbons (Fsp3) is 0.538. The lowest BCUT2D eigenvalue weighted by molar-refractivity contribution is 0.0897. The molecule has 0 saturated carbocycles. The molecule has 0 bridgehead atoms. The Kier molecular flexibility index (Phi) is 3.78. The van der Waals surface area contributed by atoms with Gasteiger partial charge in [-0.1, -0.05) is 6.92 Å². The molecule has 0 radical (unpaired) electrons. The first kappa shape index (κ1) is 13.9. The monoisotopic (exact) mass is 292 g/mol. The molecule has 1 aliphatic rings. The molecular formula is C13H17FN6O. The molecule has 2 aromatic rings. The van der Waals surface area contributed by atoms with E-state index in [-0.39, 0.29) is 11.9 Å². The Labute approximate surface area is 121 Å². The highest BCUT2D eigenvalue weighted by atomic mass is 19.1. The van der Waals surface area contributed by atoms with E-state index in [2.05, 4.69) is 20.1 Å². The molecule has 8 heteroatoms. The van der Waals surface area contributed by atoms with Gasteiger partial charge in [-0.15, -0.1) is 0 Å². The minimum atomic E-state index is -0.367. The number of aryl methyl sites for hydroxylation is 2. The van der Waals surface area contributed by atoms with E-state index in [4.69, 9.17) is 4.74 Å². The molecule has 1 unspecified atom stereocenters. The molecular weight excluding hydrogens is 275 g/mol. The summed E-state index contributed by atoms with van der Waals surface area (Å²) in [4.78, 5) is 14.2. The third kappa shape index (κ3) is 2.46. The van der Waals surface area contributed by atoms with Crippen molar-refractivity contribution in [2.75, 3.05) is 24.7 Å². The van der Waals surface area contributed by atoms with Gasteiger partial charge >= 0.3 is 0 Å². The van der Waals surface area contributed by atoms with Crippen molar-refractivity contribution in [3.8, 4) is 0 Å². The van der Waals surface area contributed by atoms with Crippen LogP contribution in [0.3, 0.4) is 0 Å². The number of aromatic nitrogens is 5. The molecule has 1 aliphatic heterocycles. The van der Waals surface area contributed by atoms with E-state index in [1.54, 1.807) is 4.68 Å². The molecule has 0 amide bonds. The second kappa shape index (κ2) is 5.72. The first-order chi connectivity index (χ1) is 10.2. The van der Waals surface area contributed by atoms with E-state index in [1.807, 2.05) is 18.9 Å². The second-order valence-corrected chi connectivity index (χ2v) is 4.84. The van der Waals surface area contributed by atoms with Gasteiger partial charge in [0.25, 0.3) is 0 Å². The van der Waals surface area contributed by atoms with Gasteiger partial charge in [0.2, 0.25) is 0 Å². The maximum atomic E-state index is 14.5. The predicted molar refractivity (Wildman–Crippen MR) is 73.3 cm³/mol. The standard InChI is InChI=1S/C13H17FN6O/c1-3-9-11(14)13(16-7-15-9)20-4-5-21-6-10(20)12-17-8-18-19(12)2/h7-8,10H,3-6H2,1-2H3. The Bertz CT molecular complexity index is 631. The molecule has 3 rings (SSSR count). The number of ether oxygens (including phenoxy) is 1. The van der Waals surface area contributed by atoms with E-state index in [1.165, 1.54) is 12.7 Å². The van der Waals surface area contributed by atoms with Crippen LogP contribution in [0.25, 0.3) is 0 Å². The summed E-state index contributed by atoms with van der Waals surface area (Å²) in [5.74, 6) is 0.665. The smallest absolute Gasteiger partial charge is 0.187 e. The van der Waals surface area contributed by atoms with Gasteiger partial charge in [0.15, 0.2) is 17.5 Å². The maximum absolute atomic E-state index is 14.5. The molecule has 0 aliphatic carbocycles. The molecule has 0 spiro atoms. The van der Waals surface area contributed by atoms with Crippen molar-refractivity contribution < 1.29 is 9.13 Å². The minimum absolute atomic E-state index is 0.208. The molecule has 21 heavy (non-hydrogen) atoms. The Morgan fingerprint density at radius 1 is 1.33 bits per heavy atom. The van der Waals surface area contributed by atoms with E-state index in [0.717, 1.165) is 5.82 Å². The highest BCUT2D eigenvalue weighted by molar-refractivity contribution is 5.43. The fourth-order valence-electron chi connectivity index (χ4n) is 2.52. The Balaban J connectivity index is 2.01. The maximum Gasteiger partial charge on any atom is 0.187 e. The average molecular weight is 292 g/mol. The van der Waals surface area contributed by atoms with Gasteiger partial charge < -0.3 is 9.64 Å². The van der Waals surface area contributed by atoms with Crippen molar-refractivity contribution in [2.24, 2.45) is 7.05 Å². The van der Waals surface area contributed by atoms with Crippen molar-refractivity contribution in [1.29, 1.82) is 0 Å². The zero-order valence-corrected chi connectivity index (χ0v) is 12.0. The molecule has 0 aromatic carbocycles. The lowest BCUT2D eigenvalue weighted by Crippen LogP contribution is -2.42. The molecule has 7 nitrogen and oxygen atoms in total. The summed E-state index contributed by atoms with van der Waals surface area (Å²) < 4.78 is 21.7. The molecule has 112 valence electrons. The SMILES string of the molecule is CCc1ncnc(N2CCOCC2c2ncnn2C)c1F. The highest BCUT2D eigenvalue weighted by Crippen LogP contribution is 2.29. The Hall–Kier alpha value is -2.09. The number of morpholine rings is 1. The van der Waals surface area contributed by atoms with Crippen molar-refractivity contribution in [3.63, 3.8) is 0 Å².